The van der Waals surface area contributed by atoms with Crippen LogP contribution in [0.2, 0.25) is 0 Å². The van der Waals surface area contributed by atoms with Gasteiger partial charge in [0.1, 0.15) is 11.5 Å². The first kappa shape index (κ1) is 22.9. The zero-order valence-electron chi connectivity index (χ0n) is 19.5. The van der Waals surface area contributed by atoms with Crippen molar-refractivity contribution in [3.63, 3.8) is 0 Å². The summed E-state index contributed by atoms with van der Waals surface area (Å²) in [4.78, 5) is 15.0. The molecular formula is C26H31N3O4. The fraction of sp³-hybridized carbons (Fsp3) is 0.385. The molecule has 1 aliphatic heterocycles. The van der Waals surface area contributed by atoms with Crippen molar-refractivity contribution in [1.29, 1.82) is 0 Å². The fourth-order valence-corrected chi connectivity index (χ4v) is 4.25. The molecule has 33 heavy (non-hydrogen) atoms. The van der Waals surface area contributed by atoms with Gasteiger partial charge in [-0.05, 0) is 48.7 Å². The molecular weight excluding hydrogens is 418 g/mol. The average molecular weight is 450 g/mol. The summed E-state index contributed by atoms with van der Waals surface area (Å²) in [6.07, 6.45) is 1.68. The predicted molar refractivity (Wildman–Crippen MR) is 126 cm³/mol. The van der Waals surface area contributed by atoms with E-state index in [-0.39, 0.29) is 5.97 Å². The van der Waals surface area contributed by atoms with Crippen LogP contribution in [-0.4, -0.2) is 48.0 Å². The number of esters is 1. The molecule has 0 saturated heterocycles. The standard InChI is InChI=1S/C26H31N3O4/c1-4-33-26(30)25-23-18-28(17-20-7-11-22(32-3)12-8-20)15-14-24(23)29(27-25)16-13-19-5-9-21(31-2)10-6-19/h5-12H,4,13-18H2,1-3H3. The Kier molecular flexibility index (Phi) is 7.29. The third-order valence-electron chi connectivity index (χ3n) is 6.02. The minimum absolute atomic E-state index is 0.335. The van der Waals surface area contributed by atoms with E-state index in [1.807, 2.05) is 35.9 Å². The van der Waals surface area contributed by atoms with Gasteiger partial charge >= 0.3 is 5.97 Å². The lowest BCUT2D eigenvalue weighted by Crippen LogP contribution is -2.31. The van der Waals surface area contributed by atoms with Crippen LogP contribution >= 0.6 is 0 Å². The molecule has 1 aromatic heterocycles. The molecule has 7 heteroatoms. The van der Waals surface area contributed by atoms with Gasteiger partial charge in [0.05, 0.1) is 20.8 Å². The van der Waals surface area contributed by atoms with Crippen LogP contribution < -0.4 is 9.47 Å². The van der Waals surface area contributed by atoms with Crippen LogP contribution in [-0.2, 0) is 37.2 Å². The van der Waals surface area contributed by atoms with Gasteiger partial charge in [0, 0.05) is 43.9 Å². The second-order valence-electron chi connectivity index (χ2n) is 8.12. The SMILES string of the molecule is CCOC(=O)c1nn(CCc2ccc(OC)cc2)c2c1CN(Cc1ccc(OC)cc1)CC2. The van der Waals surface area contributed by atoms with E-state index in [4.69, 9.17) is 19.3 Å². The van der Waals surface area contributed by atoms with E-state index in [0.717, 1.165) is 48.7 Å². The summed E-state index contributed by atoms with van der Waals surface area (Å²) >= 11 is 0. The Bertz CT molecular complexity index is 1070. The summed E-state index contributed by atoms with van der Waals surface area (Å²) in [6.45, 7) is 5.27. The van der Waals surface area contributed by atoms with E-state index in [0.29, 0.717) is 25.4 Å². The molecule has 2 aromatic carbocycles. The number of carbonyl (C=O) groups is 1. The highest BCUT2D eigenvalue weighted by Crippen LogP contribution is 2.26. The van der Waals surface area contributed by atoms with Gasteiger partial charge in [0.15, 0.2) is 5.69 Å². The third kappa shape index (κ3) is 5.37. The molecule has 4 rings (SSSR count). The number of aryl methyl sites for hydroxylation is 2. The van der Waals surface area contributed by atoms with Crippen molar-refractivity contribution in [2.45, 2.75) is 39.4 Å². The zero-order valence-corrected chi connectivity index (χ0v) is 19.5. The first-order valence-corrected chi connectivity index (χ1v) is 11.3. The molecule has 3 aromatic rings. The Morgan fingerprint density at radius 2 is 1.61 bits per heavy atom. The lowest BCUT2D eigenvalue weighted by Gasteiger charge is -2.27. The Hall–Kier alpha value is -3.32. The number of carbonyl (C=O) groups excluding carboxylic acids is 1. The van der Waals surface area contributed by atoms with Crippen LogP contribution in [0.3, 0.4) is 0 Å². The molecule has 0 atom stereocenters. The number of benzene rings is 2. The van der Waals surface area contributed by atoms with Gasteiger partial charge in [0.2, 0.25) is 0 Å². The van der Waals surface area contributed by atoms with Gasteiger partial charge in [-0.1, -0.05) is 24.3 Å². The number of ether oxygens (including phenoxy) is 3. The van der Waals surface area contributed by atoms with E-state index >= 15 is 0 Å². The van der Waals surface area contributed by atoms with Crippen LogP contribution in [0.5, 0.6) is 11.5 Å². The molecule has 174 valence electrons. The quantitative estimate of drug-likeness (QED) is 0.462. The van der Waals surface area contributed by atoms with Gasteiger partial charge in [-0.25, -0.2) is 4.79 Å². The Labute approximate surface area is 194 Å². The molecule has 1 aliphatic rings. The second-order valence-corrected chi connectivity index (χ2v) is 8.12. The molecule has 0 fully saturated rings. The summed E-state index contributed by atoms with van der Waals surface area (Å²) in [6, 6.07) is 16.2. The minimum Gasteiger partial charge on any atom is -0.497 e. The number of hydrogen-bond acceptors (Lipinski definition) is 6. The van der Waals surface area contributed by atoms with Crippen LogP contribution in [0.4, 0.5) is 0 Å². The zero-order chi connectivity index (χ0) is 23.2. The van der Waals surface area contributed by atoms with Crippen LogP contribution in [0.25, 0.3) is 0 Å². The summed E-state index contributed by atoms with van der Waals surface area (Å²) in [5.41, 5.74) is 4.99. The molecule has 0 spiro atoms. The first-order chi connectivity index (χ1) is 16.1. The maximum atomic E-state index is 12.7. The maximum Gasteiger partial charge on any atom is 0.359 e. The van der Waals surface area contributed by atoms with E-state index in [2.05, 4.69) is 29.2 Å². The van der Waals surface area contributed by atoms with Gasteiger partial charge < -0.3 is 14.2 Å². The lowest BCUT2D eigenvalue weighted by atomic mass is 10.0. The fourth-order valence-electron chi connectivity index (χ4n) is 4.25. The Balaban J connectivity index is 1.51. The Morgan fingerprint density at radius 3 is 2.21 bits per heavy atom. The smallest absolute Gasteiger partial charge is 0.359 e. The van der Waals surface area contributed by atoms with Crippen molar-refractivity contribution in [3.05, 3.63) is 76.6 Å². The van der Waals surface area contributed by atoms with Crippen molar-refractivity contribution in [3.8, 4) is 11.5 Å². The molecule has 0 bridgehead atoms. The lowest BCUT2D eigenvalue weighted by molar-refractivity contribution is 0.0515. The van der Waals surface area contributed by atoms with Crippen LogP contribution in [0.15, 0.2) is 48.5 Å². The number of methoxy groups -OCH3 is 2. The van der Waals surface area contributed by atoms with Crippen LogP contribution in [0, 0.1) is 0 Å². The summed E-state index contributed by atoms with van der Waals surface area (Å²) in [5, 5.41) is 4.70. The number of aromatic nitrogens is 2. The maximum absolute atomic E-state index is 12.7. The van der Waals surface area contributed by atoms with Crippen molar-refractivity contribution in [1.82, 2.24) is 14.7 Å². The molecule has 7 nitrogen and oxygen atoms in total. The second kappa shape index (κ2) is 10.5. The highest BCUT2D eigenvalue weighted by Gasteiger charge is 2.28. The first-order valence-electron chi connectivity index (χ1n) is 11.3. The van der Waals surface area contributed by atoms with Gasteiger partial charge in [-0.2, -0.15) is 5.10 Å². The molecule has 0 aliphatic carbocycles. The highest BCUT2D eigenvalue weighted by atomic mass is 16.5. The molecule has 0 unspecified atom stereocenters. The van der Waals surface area contributed by atoms with E-state index < -0.39 is 0 Å². The van der Waals surface area contributed by atoms with Crippen LogP contribution in [0.1, 0.15) is 39.8 Å². The normalized spacial score (nSPS) is 13.4. The highest BCUT2D eigenvalue weighted by molar-refractivity contribution is 5.89. The molecule has 0 N–H and O–H groups in total. The Morgan fingerprint density at radius 1 is 0.970 bits per heavy atom. The van der Waals surface area contributed by atoms with Gasteiger partial charge in [-0.15, -0.1) is 0 Å². The molecule has 0 saturated carbocycles. The van der Waals surface area contributed by atoms with Gasteiger partial charge in [0.25, 0.3) is 0 Å². The van der Waals surface area contributed by atoms with E-state index in [9.17, 15) is 4.79 Å². The van der Waals surface area contributed by atoms with E-state index in [1.54, 1.807) is 14.2 Å². The van der Waals surface area contributed by atoms with Crippen molar-refractivity contribution >= 4 is 5.97 Å². The molecule has 2 heterocycles. The van der Waals surface area contributed by atoms with Gasteiger partial charge in [-0.3, -0.25) is 9.58 Å². The summed E-state index contributed by atoms with van der Waals surface area (Å²) in [5.74, 6) is 1.35. The monoisotopic (exact) mass is 449 g/mol. The number of fused-ring (bicyclic) bond motifs is 1. The predicted octanol–water partition coefficient (Wildman–Crippen LogP) is 3.88. The third-order valence-corrected chi connectivity index (χ3v) is 6.02. The number of nitrogens with zero attached hydrogens (tertiary/aromatic N) is 3. The van der Waals surface area contributed by atoms with Crippen molar-refractivity contribution in [2.24, 2.45) is 0 Å². The minimum atomic E-state index is -0.344. The number of hydrogen-bond donors (Lipinski definition) is 0. The topological polar surface area (TPSA) is 65.8 Å². The summed E-state index contributed by atoms with van der Waals surface area (Å²) < 4.78 is 17.8. The van der Waals surface area contributed by atoms with Crippen molar-refractivity contribution in [2.75, 3.05) is 27.4 Å². The summed E-state index contributed by atoms with van der Waals surface area (Å²) in [7, 11) is 3.34. The average Bonchev–Trinajstić information content (AvgIpc) is 3.21. The molecule has 0 radical (unpaired) electrons. The largest absolute Gasteiger partial charge is 0.497 e. The number of rotatable bonds is 9. The van der Waals surface area contributed by atoms with E-state index in [1.165, 1.54) is 11.1 Å². The molecule has 0 amide bonds. The van der Waals surface area contributed by atoms with Crippen molar-refractivity contribution < 1.29 is 19.0 Å².